The number of hydrogen-bond acceptors (Lipinski definition) is 2. The number of benzene rings is 1. The second kappa shape index (κ2) is 6.87. The van der Waals surface area contributed by atoms with E-state index < -0.39 is 0 Å². The predicted molar refractivity (Wildman–Crippen MR) is 95.8 cm³/mol. The number of imidazole rings is 1. The van der Waals surface area contributed by atoms with E-state index in [0.717, 1.165) is 16.9 Å². The zero-order valence-corrected chi connectivity index (χ0v) is 14.4. The normalized spacial score (nSPS) is 11.2. The maximum Gasteiger partial charge on any atom is 0.229 e. The van der Waals surface area contributed by atoms with Crippen molar-refractivity contribution >= 4 is 11.6 Å². The Labute approximate surface area is 142 Å². The molecule has 0 aliphatic rings. The molecule has 2 aromatic heterocycles. The van der Waals surface area contributed by atoms with Crippen molar-refractivity contribution < 1.29 is 4.79 Å². The number of aromatic nitrogens is 2. The minimum Gasteiger partial charge on any atom is -0.336 e. The standard InChI is InChI=1S/C20H23N3O/c1-15(2)23(13-17-7-5-4-6-8-17)20(24)12-18-14-22-10-9-16(3)11-19(22)21-18/h4-11,14-15H,12-13H2,1-3H3. The summed E-state index contributed by atoms with van der Waals surface area (Å²) in [6.45, 7) is 6.77. The number of aryl methyl sites for hydroxylation is 1. The van der Waals surface area contributed by atoms with Crippen molar-refractivity contribution in [3.63, 3.8) is 0 Å². The molecular weight excluding hydrogens is 298 g/mol. The first-order valence-electron chi connectivity index (χ1n) is 8.30. The third-order valence-corrected chi connectivity index (χ3v) is 4.14. The molecule has 0 saturated heterocycles. The molecule has 24 heavy (non-hydrogen) atoms. The third kappa shape index (κ3) is 3.65. The first-order chi connectivity index (χ1) is 11.5. The Morgan fingerprint density at radius 1 is 1.21 bits per heavy atom. The number of hydrogen-bond donors (Lipinski definition) is 0. The predicted octanol–water partition coefficient (Wildman–Crippen LogP) is 3.62. The van der Waals surface area contributed by atoms with Crippen molar-refractivity contribution in [1.82, 2.24) is 14.3 Å². The molecular formula is C20H23N3O. The highest BCUT2D eigenvalue weighted by Crippen LogP contribution is 2.13. The first kappa shape index (κ1) is 16.2. The van der Waals surface area contributed by atoms with Crippen LogP contribution in [-0.4, -0.2) is 26.2 Å². The van der Waals surface area contributed by atoms with Crippen LogP contribution in [0.15, 0.2) is 54.9 Å². The molecule has 0 unspecified atom stereocenters. The largest absolute Gasteiger partial charge is 0.336 e. The van der Waals surface area contributed by atoms with Crippen LogP contribution in [0.2, 0.25) is 0 Å². The van der Waals surface area contributed by atoms with Crippen molar-refractivity contribution in [2.24, 2.45) is 0 Å². The van der Waals surface area contributed by atoms with Crippen molar-refractivity contribution in [2.45, 2.75) is 39.8 Å². The zero-order valence-electron chi connectivity index (χ0n) is 14.4. The molecule has 4 nitrogen and oxygen atoms in total. The van der Waals surface area contributed by atoms with E-state index in [-0.39, 0.29) is 11.9 Å². The molecule has 0 bridgehead atoms. The molecule has 4 heteroatoms. The molecule has 3 rings (SSSR count). The molecule has 0 saturated carbocycles. The van der Waals surface area contributed by atoms with Crippen LogP contribution in [-0.2, 0) is 17.8 Å². The summed E-state index contributed by atoms with van der Waals surface area (Å²) in [5, 5.41) is 0. The fourth-order valence-corrected chi connectivity index (χ4v) is 2.82. The van der Waals surface area contributed by atoms with Crippen molar-refractivity contribution in [3.8, 4) is 0 Å². The van der Waals surface area contributed by atoms with Gasteiger partial charge in [-0.25, -0.2) is 4.98 Å². The van der Waals surface area contributed by atoms with Gasteiger partial charge in [-0.15, -0.1) is 0 Å². The zero-order chi connectivity index (χ0) is 17.1. The van der Waals surface area contributed by atoms with Crippen LogP contribution < -0.4 is 0 Å². The van der Waals surface area contributed by atoms with Gasteiger partial charge in [0, 0.05) is 25.0 Å². The lowest BCUT2D eigenvalue weighted by atomic mass is 10.1. The Morgan fingerprint density at radius 2 is 1.96 bits per heavy atom. The van der Waals surface area contributed by atoms with Crippen LogP contribution >= 0.6 is 0 Å². The molecule has 0 atom stereocenters. The van der Waals surface area contributed by atoms with E-state index in [4.69, 9.17) is 0 Å². The average Bonchev–Trinajstić information content (AvgIpc) is 2.94. The van der Waals surface area contributed by atoms with Gasteiger partial charge in [0.2, 0.25) is 5.91 Å². The van der Waals surface area contributed by atoms with Gasteiger partial charge in [-0.2, -0.15) is 0 Å². The van der Waals surface area contributed by atoms with Crippen molar-refractivity contribution in [3.05, 3.63) is 71.7 Å². The summed E-state index contributed by atoms with van der Waals surface area (Å²) in [4.78, 5) is 19.3. The Bertz CT molecular complexity index is 836. The molecule has 124 valence electrons. The second-order valence-corrected chi connectivity index (χ2v) is 6.48. The first-order valence-corrected chi connectivity index (χ1v) is 8.30. The summed E-state index contributed by atoms with van der Waals surface area (Å²) in [5.41, 5.74) is 4.00. The number of fused-ring (bicyclic) bond motifs is 1. The average molecular weight is 321 g/mol. The minimum absolute atomic E-state index is 0.106. The lowest BCUT2D eigenvalue weighted by Crippen LogP contribution is -2.37. The highest BCUT2D eigenvalue weighted by Gasteiger charge is 2.19. The third-order valence-electron chi connectivity index (χ3n) is 4.14. The van der Waals surface area contributed by atoms with E-state index in [0.29, 0.717) is 13.0 Å². The van der Waals surface area contributed by atoms with Gasteiger partial charge in [0.1, 0.15) is 5.65 Å². The molecule has 0 N–H and O–H groups in total. The van der Waals surface area contributed by atoms with Crippen LogP contribution in [0.25, 0.3) is 5.65 Å². The van der Waals surface area contributed by atoms with Crippen molar-refractivity contribution in [1.29, 1.82) is 0 Å². The second-order valence-electron chi connectivity index (χ2n) is 6.48. The van der Waals surface area contributed by atoms with Gasteiger partial charge in [0.15, 0.2) is 0 Å². The van der Waals surface area contributed by atoms with Crippen molar-refractivity contribution in [2.75, 3.05) is 0 Å². The topological polar surface area (TPSA) is 37.6 Å². The fraction of sp³-hybridized carbons (Fsp3) is 0.300. The molecule has 1 aromatic carbocycles. The van der Waals surface area contributed by atoms with E-state index in [1.165, 1.54) is 5.56 Å². The summed E-state index contributed by atoms with van der Waals surface area (Å²) in [6, 6.07) is 14.3. The fourth-order valence-electron chi connectivity index (χ4n) is 2.82. The van der Waals surface area contributed by atoms with Crippen LogP contribution in [0.4, 0.5) is 0 Å². The van der Waals surface area contributed by atoms with Gasteiger partial charge in [-0.1, -0.05) is 30.3 Å². The van der Waals surface area contributed by atoms with Gasteiger partial charge < -0.3 is 9.30 Å². The van der Waals surface area contributed by atoms with Gasteiger partial charge in [0.25, 0.3) is 0 Å². The summed E-state index contributed by atoms with van der Waals surface area (Å²) in [5.74, 6) is 0.106. The highest BCUT2D eigenvalue weighted by molar-refractivity contribution is 5.78. The maximum atomic E-state index is 12.8. The minimum atomic E-state index is 0.106. The summed E-state index contributed by atoms with van der Waals surface area (Å²) >= 11 is 0. The molecule has 0 spiro atoms. The SMILES string of the molecule is Cc1ccn2cc(CC(=O)N(Cc3ccccc3)C(C)C)nc2c1. The number of pyridine rings is 1. The van der Waals surface area contributed by atoms with E-state index in [9.17, 15) is 4.79 Å². The van der Waals surface area contributed by atoms with E-state index in [1.54, 1.807) is 0 Å². The Balaban J connectivity index is 1.77. The number of carbonyl (C=O) groups is 1. The molecule has 0 fully saturated rings. The number of carbonyl (C=O) groups excluding carboxylic acids is 1. The Kier molecular flexibility index (Phi) is 4.65. The molecule has 2 heterocycles. The maximum absolute atomic E-state index is 12.8. The van der Waals surface area contributed by atoms with Gasteiger partial charge in [-0.05, 0) is 44.0 Å². The molecule has 3 aromatic rings. The smallest absolute Gasteiger partial charge is 0.229 e. The quantitative estimate of drug-likeness (QED) is 0.720. The summed E-state index contributed by atoms with van der Waals surface area (Å²) < 4.78 is 1.96. The number of nitrogens with zero attached hydrogens (tertiary/aromatic N) is 3. The van der Waals surface area contributed by atoms with E-state index in [1.807, 2.05) is 72.8 Å². The summed E-state index contributed by atoms with van der Waals surface area (Å²) in [6.07, 6.45) is 4.25. The molecule has 0 aliphatic heterocycles. The number of rotatable bonds is 5. The van der Waals surface area contributed by atoms with Gasteiger partial charge in [-0.3, -0.25) is 4.79 Å². The van der Waals surface area contributed by atoms with Crippen LogP contribution in [0.1, 0.15) is 30.7 Å². The molecule has 0 aliphatic carbocycles. The Hall–Kier alpha value is -2.62. The van der Waals surface area contributed by atoms with Crippen LogP contribution in [0, 0.1) is 6.92 Å². The lowest BCUT2D eigenvalue weighted by molar-refractivity contribution is -0.132. The molecule has 1 amide bonds. The van der Waals surface area contributed by atoms with Crippen LogP contribution in [0.5, 0.6) is 0 Å². The van der Waals surface area contributed by atoms with Gasteiger partial charge in [0.05, 0.1) is 12.1 Å². The lowest BCUT2D eigenvalue weighted by Gasteiger charge is -2.26. The van der Waals surface area contributed by atoms with E-state index >= 15 is 0 Å². The monoisotopic (exact) mass is 321 g/mol. The van der Waals surface area contributed by atoms with Crippen LogP contribution in [0.3, 0.4) is 0 Å². The summed E-state index contributed by atoms with van der Waals surface area (Å²) in [7, 11) is 0. The van der Waals surface area contributed by atoms with Gasteiger partial charge >= 0.3 is 0 Å². The van der Waals surface area contributed by atoms with E-state index in [2.05, 4.69) is 17.1 Å². The highest BCUT2D eigenvalue weighted by atomic mass is 16.2. The molecule has 0 radical (unpaired) electrons. The Morgan fingerprint density at radius 3 is 2.67 bits per heavy atom. The number of amides is 1.